The SMILES string of the molecule is CCOc1ccc(NC(=O)c2ccc(CC)cc2)cc1S(=O)(=O)N1CCCC1. The van der Waals surface area contributed by atoms with Gasteiger partial charge in [-0.2, -0.15) is 4.31 Å². The van der Waals surface area contributed by atoms with Crippen molar-refractivity contribution in [2.75, 3.05) is 25.0 Å². The summed E-state index contributed by atoms with van der Waals surface area (Å²) in [6, 6.07) is 12.1. The number of sulfonamides is 1. The average molecular weight is 403 g/mol. The van der Waals surface area contributed by atoms with Crippen molar-refractivity contribution in [2.24, 2.45) is 0 Å². The number of aryl methyl sites for hydroxylation is 1. The van der Waals surface area contributed by atoms with Crippen molar-refractivity contribution in [2.45, 2.75) is 38.0 Å². The number of ether oxygens (including phenoxy) is 1. The number of amides is 1. The zero-order chi connectivity index (χ0) is 20.1. The first-order valence-corrected chi connectivity index (χ1v) is 11.1. The largest absolute Gasteiger partial charge is 0.492 e. The minimum Gasteiger partial charge on any atom is -0.492 e. The standard InChI is InChI=1S/C21H26N2O4S/c1-3-16-7-9-17(10-8-16)21(24)22-18-11-12-19(27-4-2)20(15-18)28(25,26)23-13-5-6-14-23/h7-12,15H,3-6,13-14H2,1-2H3,(H,22,24). The van der Waals surface area contributed by atoms with Crippen molar-refractivity contribution < 1.29 is 17.9 Å². The predicted molar refractivity (Wildman–Crippen MR) is 109 cm³/mol. The Morgan fingerprint density at radius 1 is 1.07 bits per heavy atom. The van der Waals surface area contributed by atoms with Crippen molar-refractivity contribution in [1.29, 1.82) is 0 Å². The van der Waals surface area contributed by atoms with Gasteiger partial charge in [0.1, 0.15) is 10.6 Å². The molecule has 0 spiro atoms. The minimum absolute atomic E-state index is 0.0929. The lowest BCUT2D eigenvalue weighted by Crippen LogP contribution is -2.28. The Morgan fingerprint density at radius 3 is 2.36 bits per heavy atom. The normalized spacial score (nSPS) is 14.8. The molecule has 1 heterocycles. The number of benzene rings is 2. The third-order valence-electron chi connectivity index (χ3n) is 4.81. The molecule has 0 saturated carbocycles. The van der Waals surface area contributed by atoms with Crippen LogP contribution >= 0.6 is 0 Å². The maximum atomic E-state index is 13.0. The first kappa shape index (κ1) is 20.4. The fraction of sp³-hybridized carbons (Fsp3) is 0.381. The number of nitrogens with zero attached hydrogens (tertiary/aromatic N) is 1. The zero-order valence-corrected chi connectivity index (χ0v) is 17.1. The van der Waals surface area contributed by atoms with Gasteiger partial charge >= 0.3 is 0 Å². The second kappa shape index (κ2) is 8.75. The molecule has 0 aromatic heterocycles. The van der Waals surface area contributed by atoms with Gasteiger partial charge in [0.2, 0.25) is 10.0 Å². The van der Waals surface area contributed by atoms with Crippen LogP contribution in [0.1, 0.15) is 42.6 Å². The van der Waals surface area contributed by atoms with Gasteiger partial charge in [0.15, 0.2) is 0 Å². The first-order chi connectivity index (χ1) is 13.5. The monoisotopic (exact) mass is 402 g/mol. The third-order valence-corrected chi connectivity index (χ3v) is 6.73. The number of carbonyl (C=O) groups is 1. The van der Waals surface area contributed by atoms with Crippen LogP contribution < -0.4 is 10.1 Å². The molecule has 1 saturated heterocycles. The lowest BCUT2D eigenvalue weighted by atomic mass is 10.1. The molecule has 150 valence electrons. The highest BCUT2D eigenvalue weighted by atomic mass is 32.2. The van der Waals surface area contributed by atoms with Crippen LogP contribution in [-0.4, -0.2) is 38.3 Å². The Hall–Kier alpha value is -2.38. The van der Waals surface area contributed by atoms with Crippen LogP contribution in [0.3, 0.4) is 0 Å². The molecule has 0 unspecified atom stereocenters. The summed E-state index contributed by atoms with van der Waals surface area (Å²) in [6.07, 6.45) is 2.61. The minimum atomic E-state index is -3.67. The summed E-state index contributed by atoms with van der Waals surface area (Å²) in [7, 11) is -3.67. The van der Waals surface area contributed by atoms with Gasteiger partial charge in [0.05, 0.1) is 6.61 Å². The van der Waals surface area contributed by atoms with Crippen molar-refractivity contribution in [3.8, 4) is 5.75 Å². The molecular weight excluding hydrogens is 376 g/mol. The number of anilines is 1. The summed E-state index contributed by atoms with van der Waals surface area (Å²) in [5, 5.41) is 2.79. The van der Waals surface area contributed by atoms with Crippen LogP contribution in [0, 0.1) is 0 Å². The van der Waals surface area contributed by atoms with Crippen molar-refractivity contribution in [3.63, 3.8) is 0 Å². The van der Waals surface area contributed by atoms with E-state index in [4.69, 9.17) is 4.74 Å². The average Bonchev–Trinajstić information content (AvgIpc) is 3.25. The molecule has 28 heavy (non-hydrogen) atoms. The molecule has 1 amide bonds. The lowest BCUT2D eigenvalue weighted by Gasteiger charge is -2.19. The number of hydrogen-bond acceptors (Lipinski definition) is 4. The Kier molecular flexibility index (Phi) is 6.36. The number of rotatable bonds is 7. The Morgan fingerprint density at radius 2 is 1.75 bits per heavy atom. The smallest absolute Gasteiger partial charge is 0.255 e. The van der Waals surface area contributed by atoms with E-state index in [1.54, 1.807) is 24.3 Å². The lowest BCUT2D eigenvalue weighted by molar-refractivity contribution is 0.102. The van der Waals surface area contributed by atoms with Gasteiger partial charge in [0, 0.05) is 24.3 Å². The van der Waals surface area contributed by atoms with Gasteiger partial charge in [0.25, 0.3) is 5.91 Å². The second-order valence-corrected chi connectivity index (χ2v) is 8.62. The summed E-state index contributed by atoms with van der Waals surface area (Å²) in [5.41, 5.74) is 2.09. The number of hydrogen-bond donors (Lipinski definition) is 1. The fourth-order valence-corrected chi connectivity index (χ4v) is 4.90. The van der Waals surface area contributed by atoms with Gasteiger partial charge < -0.3 is 10.1 Å². The molecule has 2 aromatic rings. The maximum absolute atomic E-state index is 13.0. The van der Waals surface area contributed by atoms with E-state index >= 15 is 0 Å². The highest BCUT2D eigenvalue weighted by Crippen LogP contribution is 2.31. The van der Waals surface area contributed by atoms with E-state index in [9.17, 15) is 13.2 Å². The molecule has 0 radical (unpaired) electrons. The quantitative estimate of drug-likeness (QED) is 0.766. The van der Waals surface area contributed by atoms with Crippen molar-refractivity contribution >= 4 is 21.6 Å². The Labute approximate surface area is 166 Å². The Bertz CT molecular complexity index is 933. The molecule has 0 aliphatic carbocycles. The van der Waals surface area contributed by atoms with E-state index in [2.05, 4.69) is 12.2 Å². The van der Waals surface area contributed by atoms with E-state index < -0.39 is 10.0 Å². The molecule has 3 rings (SSSR count). The highest BCUT2D eigenvalue weighted by Gasteiger charge is 2.30. The molecule has 6 nitrogen and oxygen atoms in total. The van der Waals surface area contributed by atoms with Crippen LogP contribution in [0.25, 0.3) is 0 Å². The number of carbonyl (C=O) groups excluding carboxylic acids is 1. The van der Waals surface area contributed by atoms with Gasteiger partial charge in [-0.05, 0) is 62.1 Å². The van der Waals surface area contributed by atoms with Crippen LogP contribution in [0.2, 0.25) is 0 Å². The molecule has 0 bridgehead atoms. The number of nitrogens with one attached hydrogen (secondary N) is 1. The molecule has 2 aromatic carbocycles. The summed E-state index contributed by atoms with van der Waals surface area (Å²) < 4.78 is 33.1. The topological polar surface area (TPSA) is 75.7 Å². The fourth-order valence-electron chi connectivity index (χ4n) is 3.22. The van der Waals surface area contributed by atoms with Crippen LogP contribution in [0.15, 0.2) is 47.4 Å². The predicted octanol–water partition coefficient (Wildman–Crippen LogP) is 3.68. The molecule has 0 atom stereocenters. The van der Waals surface area contributed by atoms with Crippen LogP contribution in [0.5, 0.6) is 5.75 Å². The first-order valence-electron chi connectivity index (χ1n) is 9.63. The molecule has 1 N–H and O–H groups in total. The second-order valence-electron chi connectivity index (χ2n) is 6.71. The van der Waals surface area contributed by atoms with E-state index in [0.717, 1.165) is 24.8 Å². The van der Waals surface area contributed by atoms with Gasteiger partial charge in [-0.25, -0.2) is 8.42 Å². The van der Waals surface area contributed by atoms with E-state index in [1.807, 2.05) is 19.1 Å². The van der Waals surface area contributed by atoms with E-state index in [-0.39, 0.29) is 10.8 Å². The molecule has 1 fully saturated rings. The summed E-state index contributed by atoms with van der Waals surface area (Å²) in [5.74, 6) is 0.0241. The third kappa shape index (κ3) is 4.36. The van der Waals surface area contributed by atoms with Crippen molar-refractivity contribution in [1.82, 2.24) is 4.31 Å². The molecule has 1 aliphatic heterocycles. The van der Waals surface area contributed by atoms with Gasteiger partial charge in [-0.15, -0.1) is 0 Å². The molecular formula is C21H26N2O4S. The molecule has 7 heteroatoms. The van der Waals surface area contributed by atoms with Crippen LogP contribution in [0.4, 0.5) is 5.69 Å². The van der Waals surface area contributed by atoms with E-state index in [1.165, 1.54) is 10.4 Å². The van der Waals surface area contributed by atoms with Gasteiger partial charge in [-0.3, -0.25) is 4.79 Å². The summed E-state index contributed by atoms with van der Waals surface area (Å²) in [4.78, 5) is 12.6. The summed E-state index contributed by atoms with van der Waals surface area (Å²) in [6.45, 7) is 5.24. The van der Waals surface area contributed by atoms with Crippen molar-refractivity contribution in [3.05, 3.63) is 53.6 Å². The maximum Gasteiger partial charge on any atom is 0.255 e. The zero-order valence-electron chi connectivity index (χ0n) is 16.3. The molecule has 1 aliphatic rings. The van der Waals surface area contributed by atoms with Crippen LogP contribution in [-0.2, 0) is 16.4 Å². The Balaban J connectivity index is 1.88. The summed E-state index contributed by atoms with van der Waals surface area (Å²) >= 11 is 0. The highest BCUT2D eigenvalue weighted by molar-refractivity contribution is 7.89. The van der Waals surface area contributed by atoms with Gasteiger partial charge in [-0.1, -0.05) is 19.1 Å². The van der Waals surface area contributed by atoms with E-state index in [0.29, 0.717) is 36.7 Å².